The molecule has 0 fully saturated rings. The molecule has 6 aromatic rings. The van der Waals surface area contributed by atoms with Crippen LogP contribution < -0.4 is 10.6 Å². The first kappa shape index (κ1) is 23.3. The lowest BCUT2D eigenvalue weighted by molar-refractivity contribution is 0.0898. The largest absolute Gasteiger partial charge is 0.446 e. The van der Waals surface area contributed by atoms with Gasteiger partial charge in [-0.15, -0.1) is 0 Å². The Balaban J connectivity index is 1.24. The molecular formula is C23H14N8O9. The van der Waals surface area contributed by atoms with Crippen molar-refractivity contribution in [1.29, 1.82) is 0 Å². The smallest absolute Gasteiger partial charge is 0.273 e. The van der Waals surface area contributed by atoms with Crippen LogP contribution in [0.4, 0.5) is 0 Å². The molecule has 3 N–H and O–H groups in total. The topological polar surface area (TPSA) is 235 Å². The van der Waals surface area contributed by atoms with Crippen molar-refractivity contribution in [3.8, 4) is 46.3 Å². The van der Waals surface area contributed by atoms with Crippen LogP contribution in [0.25, 0.3) is 46.3 Å². The van der Waals surface area contributed by atoms with Crippen LogP contribution in [0, 0.1) is 0 Å². The second-order valence-corrected chi connectivity index (χ2v) is 8.24. The van der Waals surface area contributed by atoms with Gasteiger partial charge in [-0.1, -0.05) is 0 Å². The van der Waals surface area contributed by atoms with Crippen LogP contribution in [-0.4, -0.2) is 53.4 Å². The van der Waals surface area contributed by atoms with Crippen LogP contribution in [0.3, 0.4) is 0 Å². The summed E-state index contributed by atoms with van der Waals surface area (Å²) in [5, 5.41) is 15.1. The number of carbonyl (C=O) groups excluding carboxylic acids is 2. The number of nitrogens with one attached hydrogen (secondary N) is 2. The maximum Gasteiger partial charge on any atom is 0.273 e. The number of aliphatic hydroxyl groups excluding tert-OH is 1. The molecule has 0 aromatic carbocycles. The third-order valence-corrected chi connectivity index (χ3v) is 5.62. The summed E-state index contributed by atoms with van der Waals surface area (Å²) in [6, 6.07) is -1.03. The van der Waals surface area contributed by atoms with E-state index in [-0.39, 0.29) is 76.1 Å². The molecule has 17 nitrogen and oxygen atoms in total. The lowest BCUT2D eigenvalue weighted by Crippen LogP contribution is -2.31. The van der Waals surface area contributed by atoms with Crippen LogP contribution in [-0.2, 0) is 6.54 Å². The van der Waals surface area contributed by atoms with Gasteiger partial charge in [0.25, 0.3) is 11.8 Å². The molecule has 1 aliphatic heterocycles. The Bertz CT molecular complexity index is 1850. The third kappa shape index (κ3) is 4.11. The average Bonchev–Trinajstić information content (AvgIpc) is 3.79. The third-order valence-electron chi connectivity index (χ3n) is 5.62. The van der Waals surface area contributed by atoms with Crippen molar-refractivity contribution in [3.63, 3.8) is 0 Å². The second-order valence-electron chi connectivity index (χ2n) is 8.24. The first-order valence-electron chi connectivity index (χ1n) is 11.5. The lowest BCUT2D eigenvalue weighted by atomic mass is 10.3. The lowest BCUT2D eigenvalue weighted by Gasteiger charge is -2.11. The maximum atomic E-state index is 12.8. The summed E-state index contributed by atoms with van der Waals surface area (Å²) >= 11 is 0. The first-order valence-corrected chi connectivity index (χ1v) is 11.5. The van der Waals surface area contributed by atoms with Gasteiger partial charge < -0.3 is 42.2 Å². The van der Waals surface area contributed by atoms with E-state index < -0.39 is 24.5 Å². The zero-order valence-corrected chi connectivity index (χ0v) is 19.9. The maximum absolute atomic E-state index is 12.8. The number of carbonyl (C=O) groups is 2. The Kier molecular flexibility index (Phi) is 5.34. The van der Waals surface area contributed by atoms with E-state index in [4.69, 9.17) is 26.5 Å². The number of hydrogen-bond donors (Lipinski definition) is 3. The Labute approximate surface area is 220 Å². The van der Waals surface area contributed by atoms with Gasteiger partial charge >= 0.3 is 0 Å². The van der Waals surface area contributed by atoms with Gasteiger partial charge in [-0.25, -0.2) is 29.9 Å². The molecule has 7 rings (SSSR count). The highest BCUT2D eigenvalue weighted by molar-refractivity contribution is 5.93. The summed E-state index contributed by atoms with van der Waals surface area (Å²) < 4.78 is 32.5. The number of oxazole rings is 6. The molecule has 2 amide bonds. The second kappa shape index (κ2) is 9.17. The SMILES string of the molecule is O=C1NCc2nc(co2)-c2nc(co2)-c2nc(co2)C(=O)NC(CO)c2nc(co2)-c2nc(co2)-c2nc1co2. The van der Waals surface area contributed by atoms with Gasteiger partial charge in [-0.2, -0.15) is 0 Å². The molecule has 17 heteroatoms. The van der Waals surface area contributed by atoms with E-state index >= 15 is 0 Å². The van der Waals surface area contributed by atoms with Gasteiger partial charge in [0.1, 0.15) is 43.6 Å². The van der Waals surface area contributed by atoms with Crippen molar-refractivity contribution in [3.05, 3.63) is 60.7 Å². The Morgan fingerprint density at radius 1 is 0.625 bits per heavy atom. The summed E-state index contributed by atoms with van der Waals surface area (Å²) in [6.45, 7) is -0.606. The van der Waals surface area contributed by atoms with Gasteiger partial charge in [0.05, 0.1) is 13.2 Å². The highest BCUT2D eigenvalue weighted by Gasteiger charge is 2.25. The number of aliphatic hydroxyl groups is 1. The number of fused-ring (bicyclic) bond motifs is 16. The average molecular weight is 546 g/mol. The van der Waals surface area contributed by atoms with E-state index in [0.29, 0.717) is 0 Å². The predicted molar refractivity (Wildman–Crippen MR) is 123 cm³/mol. The highest BCUT2D eigenvalue weighted by Crippen LogP contribution is 2.27. The van der Waals surface area contributed by atoms with E-state index in [2.05, 4.69) is 40.5 Å². The van der Waals surface area contributed by atoms with Crippen molar-refractivity contribution < 1.29 is 41.2 Å². The molecule has 0 radical (unpaired) electrons. The molecule has 6 aromatic heterocycles. The van der Waals surface area contributed by atoms with Gasteiger partial charge in [0.15, 0.2) is 34.2 Å². The highest BCUT2D eigenvalue weighted by atomic mass is 16.4. The van der Waals surface area contributed by atoms with Crippen molar-refractivity contribution in [2.75, 3.05) is 6.61 Å². The molecule has 1 atom stereocenters. The molecule has 1 aliphatic rings. The minimum Gasteiger partial charge on any atom is -0.446 e. The van der Waals surface area contributed by atoms with E-state index in [1.807, 2.05) is 0 Å². The number of amides is 2. The number of nitrogens with zero attached hydrogens (tertiary/aromatic N) is 6. The number of rotatable bonds is 1. The fourth-order valence-electron chi connectivity index (χ4n) is 3.67. The Hall–Kier alpha value is -5.84. The van der Waals surface area contributed by atoms with Gasteiger partial charge in [0.2, 0.25) is 35.3 Å². The first-order chi connectivity index (χ1) is 19.5. The normalized spacial score (nSPS) is 15.4. The summed E-state index contributed by atoms with van der Waals surface area (Å²) in [5.74, 6) is -0.935. The predicted octanol–water partition coefficient (Wildman–Crippen LogP) is 1.99. The van der Waals surface area contributed by atoms with E-state index in [1.165, 1.54) is 25.1 Å². The molecule has 0 aliphatic carbocycles. The van der Waals surface area contributed by atoms with Gasteiger partial charge in [-0.05, 0) is 0 Å². The van der Waals surface area contributed by atoms with Gasteiger partial charge in [-0.3, -0.25) is 9.59 Å². The van der Waals surface area contributed by atoms with Crippen molar-refractivity contribution >= 4 is 11.8 Å². The molecule has 40 heavy (non-hydrogen) atoms. The van der Waals surface area contributed by atoms with E-state index in [9.17, 15) is 14.7 Å². The van der Waals surface area contributed by atoms with Crippen molar-refractivity contribution in [2.45, 2.75) is 12.6 Å². The molecule has 200 valence electrons. The summed E-state index contributed by atoms with van der Waals surface area (Å²) in [5.41, 5.74) is 0.670. The fourth-order valence-corrected chi connectivity index (χ4v) is 3.67. The summed E-state index contributed by atoms with van der Waals surface area (Å²) in [7, 11) is 0. The Morgan fingerprint density at radius 2 is 1.10 bits per heavy atom. The molecule has 0 spiro atoms. The molecular weight excluding hydrogens is 532 g/mol. The van der Waals surface area contributed by atoms with Crippen LogP contribution >= 0.6 is 0 Å². The number of hydrogen-bond acceptors (Lipinski definition) is 15. The quantitative estimate of drug-likeness (QED) is 0.267. The summed E-state index contributed by atoms with van der Waals surface area (Å²) in [6.07, 6.45) is 7.34. The Morgan fingerprint density at radius 3 is 1.73 bits per heavy atom. The fraction of sp³-hybridized carbons (Fsp3) is 0.130. The minimum atomic E-state index is -1.03. The van der Waals surface area contributed by atoms with Crippen LogP contribution in [0.2, 0.25) is 0 Å². The van der Waals surface area contributed by atoms with Crippen LogP contribution in [0.1, 0.15) is 38.8 Å². The van der Waals surface area contributed by atoms with E-state index in [0.717, 1.165) is 12.5 Å². The van der Waals surface area contributed by atoms with Crippen molar-refractivity contribution in [1.82, 2.24) is 40.5 Å². The monoisotopic (exact) mass is 546 g/mol. The minimum absolute atomic E-state index is 0.00349. The molecule has 0 saturated heterocycles. The number of aromatic nitrogens is 6. The molecule has 7 heterocycles. The van der Waals surface area contributed by atoms with Crippen molar-refractivity contribution in [2.24, 2.45) is 0 Å². The molecule has 0 saturated carbocycles. The van der Waals surface area contributed by atoms with Gasteiger partial charge in [0, 0.05) is 0 Å². The zero-order chi connectivity index (χ0) is 27.2. The standard InChI is InChI=1S/C23H14N8O9/c32-2-9-19-29-15(6-38-19)23-31-13(8-40-23)21-27-10(3-36-21)17(33)24-1-16-25-12(5-35-16)20-30-14(7-39-20)22-28-11(4-37-22)18(34)26-9/h3-9,32H,1-2H2,(H,24,33)(H,26,34). The molecule has 12 bridgehead atoms. The van der Waals surface area contributed by atoms with Crippen LogP contribution in [0.5, 0.6) is 0 Å². The molecule has 1 unspecified atom stereocenters. The zero-order valence-electron chi connectivity index (χ0n) is 19.9. The summed E-state index contributed by atoms with van der Waals surface area (Å²) in [4.78, 5) is 50.7. The van der Waals surface area contributed by atoms with E-state index in [1.54, 1.807) is 0 Å². The van der Waals surface area contributed by atoms with Crippen LogP contribution in [0.15, 0.2) is 64.1 Å².